The van der Waals surface area contributed by atoms with Gasteiger partial charge in [0, 0.05) is 19.3 Å². The third-order valence-electron chi connectivity index (χ3n) is 0.782. The van der Waals surface area contributed by atoms with Gasteiger partial charge in [0.15, 0.2) is 0 Å². The van der Waals surface area contributed by atoms with Crippen LogP contribution in [-0.2, 0) is 0 Å². The fourth-order valence-electron chi connectivity index (χ4n) is 0.466. The van der Waals surface area contributed by atoms with E-state index in [1.54, 1.807) is 0 Å². The molecule has 2 heteroatoms. The highest BCUT2D eigenvalue weighted by atomic mass is 14.9. The molecule has 1 rings (SSSR count). The van der Waals surface area contributed by atoms with E-state index in [9.17, 15) is 0 Å². The largest absolute Gasteiger partial charge is 0.310 e. The molecule has 0 atom stereocenters. The molecule has 0 spiro atoms. The predicted octanol–water partition coefficient (Wildman–Crippen LogP) is 0.687. The molecule has 8 heavy (non-hydrogen) atoms. The summed E-state index contributed by atoms with van der Waals surface area (Å²) in [6.07, 6.45) is 1.91. The summed E-state index contributed by atoms with van der Waals surface area (Å²) < 4.78 is 0. The first-order chi connectivity index (χ1) is 4.00. The van der Waals surface area contributed by atoms with E-state index in [-0.39, 0.29) is 0 Å². The molecule has 0 unspecified atom stereocenters. The van der Waals surface area contributed by atoms with Crippen LogP contribution in [0.4, 0.5) is 0 Å². The molecular formula is C6H14N2. The Morgan fingerprint density at radius 1 is 1.50 bits per heavy atom. The Morgan fingerprint density at radius 2 is 2.25 bits per heavy atom. The van der Waals surface area contributed by atoms with E-state index < -0.39 is 0 Å². The second-order valence-corrected chi connectivity index (χ2v) is 1.29. The number of aliphatic imine (C=N–C) groups is 1. The second kappa shape index (κ2) is 6.63. The minimum atomic E-state index is 0.958. The fraction of sp³-hybridized carbons (Fsp3) is 0.833. The van der Waals surface area contributed by atoms with Crippen molar-refractivity contribution in [3.63, 3.8) is 0 Å². The molecule has 0 bridgehead atoms. The summed E-state index contributed by atoms with van der Waals surface area (Å²) in [6.45, 7) is 6.97. The minimum absolute atomic E-state index is 0.958. The number of hydrogen-bond donors (Lipinski definition) is 1. The molecule has 0 fully saturated rings. The highest BCUT2D eigenvalue weighted by molar-refractivity contribution is 5.60. The third kappa shape index (κ3) is 3.81. The first kappa shape index (κ1) is 7.63. The molecule has 1 heterocycles. The Morgan fingerprint density at radius 3 is 2.38 bits per heavy atom. The SMILES string of the molecule is C1=NCCNC1.CC. The number of rotatable bonds is 0. The summed E-state index contributed by atoms with van der Waals surface area (Å²) in [5.74, 6) is 0. The Labute approximate surface area is 51.0 Å². The molecule has 0 aromatic heterocycles. The zero-order valence-corrected chi connectivity index (χ0v) is 5.65. The monoisotopic (exact) mass is 114 g/mol. The maximum atomic E-state index is 3.99. The molecule has 0 saturated heterocycles. The van der Waals surface area contributed by atoms with Gasteiger partial charge in [-0.1, -0.05) is 13.8 Å². The van der Waals surface area contributed by atoms with Gasteiger partial charge in [-0.05, 0) is 0 Å². The average molecular weight is 114 g/mol. The van der Waals surface area contributed by atoms with Crippen molar-refractivity contribution in [2.45, 2.75) is 13.8 Å². The summed E-state index contributed by atoms with van der Waals surface area (Å²) in [5.41, 5.74) is 0. The maximum absolute atomic E-state index is 3.99. The fourth-order valence-corrected chi connectivity index (χ4v) is 0.466. The number of nitrogens with zero attached hydrogens (tertiary/aromatic N) is 1. The van der Waals surface area contributed by atoms with Crippen molar-refractivity contribution >= 4 is 6.21 Å². The summed E-state index contributed by atoms with van der Waals surface area (Å²) in [4.78, 5) is 3.99. The van der Waals surface area contributed by atoms with Gasteiger partial charge in [-0.3, -0.25) is 4.99 Å². The van der Waals surface area contributed by atoms with E-state index in [0.717, 1.165) is 19.6 Å². The maximum Gasteiger partial charge on any atom is 0.0511 e. The van der Waals surface area contributed by atoms with Crippen LogP contribution in [0, 0.1) is 0 Å². The normalized spacial score (nSPS) is 16.8. The van der Waals surface area contributed by atoms with Crippen molar-refractivity contribution in [3.05, 3.63) is 0 Å². The standard InChI is InChI=1S/C4H8N2.C2H6/c1-2-6-4-3-5-1;1-2/h1,6H,2-4H2;1-2H3. The Bertz CT molecular complexity index is 51.5. The van der Waals surface area contributed by atoms with E-state index in [4.69, 9.17) is 0 Å². The lowest BCUT2D eigenvalue weighted by Crippen LogP contribution is -2.23. The van der Waals surface area contributed by atoms with Gasteiger partial charge in [0.1, 0.15) is 0 Å². The summed E-state index contributed by atoms with van der Waals surface area (Å²) in [6, 6.07) is 0. The molecule has 1 aliphatic heterocycles. The molecule has 2 nitrogen and oxygen atoms in total. The third-order valence-corrected chi connectivity index (χ3v) is 0.782. The topological polar surface area (TPSA) is 24.4 Å². The van der Waals surface area contributed by atoms with Gasteiger partial charge in [0.25, 0.3) is 0 Å². The smallest absolute Gasteiger partial charge is 0.0511 e. The first-order valence-corrected chi connectivity index (χ1v) is 3.19. The lowest BCUT2D eigenvalue weighted by Gasteiger charge is -2.01. The molecule has 0 aliphatic carbocycles. The highest BCUT2D eigenvalue weighted by Crippen LogP contribution is 1.70. The van der Waals surface area contributed by atoms with E-state index in [1.165, 1.54) is 0 Å². The van der Waals surface area contributed by atoms with E-state index in [2.05, 4.69) is 10.3 Å². The molecular weight excluding hydrogens is 100 g/mol. The number of nitrogens with one attached hydrogen (secondary N) is 1. The lowest BCUT2D eigenvalue weighted by atomic mass is 10.5. The molecule has 0 aromatic rings. The summed E-state index contributed by atoms with van der Waals surface area (Å²) in [7, 11) is 0. The van der Waals surface area contributed by atoms with Crippen LogP contribution in [0.3, 0.4) is 0 Å². The van der Waals surface area contributed by atoms with E-state index in [0.29, 0.717) is 0 Å². The van der Waals surface area contributed by atoms with Crippen molar-refractivity contribution in [1.29, 1.82) is 0 Å². The molecule has 0 radical (unpaired) electrons. The van der Waals surface area contributed by atoms with Crippen LogP contribution in [-0.4, -0.2) is 25.8 Å². The highest BCUT2D eigenvalue weighted by Gasteiger charge is 1.85. The van der Waals surface area contributed by atoms with Crippen LogP contribution in [0.1, 0.15) is 13.8 Å². The first-order valence-electron chi connectivity index (χ1n) is 3.19. The molecule has 0 amide bonds. The van der Waals surface area contributed by atoms with Gasteiger partial charge >= 0.3 is 0 Å². The Hall–Kier alpha value is -0.370. The van der Waals surface area contributed by atoms with Gasteiger partial charge in [-0.25, -0.2) is 0 Å². The quantitative estimate of drug-likeness (QED) is 0.492. The van der Waals surface area contributed by atoms with Crippen molar-refractivity contribution in [1.82, 2.24) is 5.32 Å². The molecule has 1 N–H and O–H groups in total. The van der Waals surface area contributed by atoms with Crippen molar-refractivity contribution < 1.29 is 0 Å². The van der Waals surface area contributed by atoms with Gasteiger partial charge in [0.05, 0.1) is 6.54 Å². The van der Waals surface area contributed by atoms with Crippen molar-refractivity contribution in [3.8, 4) is 0 Å². The van der Waals surface area contributed by atoms with Crippen molar-refractivity contribution in [2.75, 3.05) is 19.6 Å². The van der Waals surface area contributed by atoms with Gasteiger partial charge in [0.2, 0.25) is 0 Å². The predicted molar refractivity (Wildman–Crippen MR) is 37.6 cm³/mol. The molecule has 0 aromatic carbocycles. The van der Waals surface area contributed by atoms with E-state index >= 15 is 0 Å². The summed E-state index contributed by atoms with van der Waals surface area (Å²) in [5, 5.41) is 3.14. The molecule has 1 aliphatic rings. The Kier molecular flexibility index (Phi) is 6.32. The van der Waals surface area contributed by atoms with Crippen LogP contribution in [0.2, 0.25) is 0 Å². The average Bonchev–Trinajstić information content (AvgIpc) is 1.96. The summed E-state index contributed by atoms with van der Waals surface area (Å²) >= 11 is 0. The van der Waals surface area contributed by atoms with Crippen LogP contribution in [0.5, 0.6) is 0 Å². The lowest BCUT2D eigenvalue weighted by molar-refractivity contribution is 0.746. The van der Waals surface area contributed by atoms with Crippen LogP contribution >= 0.6 is 0 Å². The molecule has 48 valence electrons. The second-order valence-electron chi connectivity index (χ2n) is 1.29. The Balaban J connectivity index is 0.000000222. The van der Waals surface area contributed by atoms with Gasteiger partial charge in [-0.2, -0.15) is 0 Å². The van der Waals surface area contributed by atoms with Gasteiger partial charge in [-0.15, -0.1) is 0 Å². The van der Waals surface area contributed by atoms with Crippen LogP contribution < -0.4 is 5.32 Å². The zero-order chi connectivity index (χ0) is 6.24. The van der Waals surface area contributed by atoms with Crippen molar-refractivity contribution in [2.24, 2.45) is 4.99 Å². The van der Waals surface area contributed by atoms with Crippen LogP contribution in [0.25, 0.3) is 0 Å². The van der Waals surface area contributed by atoms with Crippen LogP contribution in [0.15, 0.2) is 4.99 Å². The van der Waals surface area contributed by atoms with E-state index in [1.807, 2.05) is 20.1 Å². The number of hydrogen-bond acceptors (Lipinski definition) is 2. The van der Waals surface area contributed by atoms with Gasteiger partial charge < -0.3 is 5.32 Å². The molecule has 0 saturated carbocycles. The zero-order valence-electron chi connectivity index (χ0n) is 5.65. The minimum Gasteiger partial charge on any atom is -0.310 e.